The van der Waals surface area contributed by atoms with E-state index in [4.69, 9.17) is 10.7 Å². The second-order valence-electron chi connectivity index (χ2n) is 4.42. The van der Waals surface area contributed by atoms with Gasteiger partial charge in [-0.05, 0) is 25.0 Å². The van der Waals surface area contributed by atoms with Crippen LogP contribution in [0.2, 0.25) is 0 Å². The number of thioether (sulfide) groups is 1. The Morgan fingerprint density at radius 3 is 3.12 bits per heavy atom. The molecule has 2 nitrogen and oxygen atoms in total. The summed E-state index contributed by atoms with van der Waals surface area (Å²) >= 11 is 3.78. The van der Waals surface area contributed by atoms with Crippen LogP contribution in [-0.2, 0) is 5.75 Å². The molecule has 0 bridgehead atoms. The van der Waals surface area contributed by atoms with E-state index in [9.17, 15) is 0 Å². The summed E-state index contributed by atoms with van der Waals surface area (Å²) in [6, 6.07) is 0.346. The molecule has 0 aromatic carbocycles. The van der Waals surface area contributed by atoms with Gasteiger partial charge in [-0.15, -0.1) is 11.3 Å². The molecule has 90 valence electrons. The molecule has 2 N–H and O–H groups in total. The van der Waals surface area contributed by atoms with Crippen molar-refractivity contribution in [3.8, 4) is 0 Å². The van der Waals surface area contributed by atoms with E-state index in [1.807, 2.05) is 11.8 Å². The van der Waals surface area contributed by atoms with Gasteiger partial charge in [0.05, 0.1) is 5.69 Å². The maximum atomic E-state index is 6.10. The molecule has 1 aliphatic carbocycles. The molecule has 1 fully saturated rings. The molecule has 0 amide bonds. The van der Waals surface area contributed by atoms with Crippen molar-refractivity contribution >= 4 is 23.1 Å². The van der Waals surface area contributed by atoms with Crippen LogP contribution < -0.4 is 5.73 Å². The summed E-state index contributed by atoms with van der Waals surface area (Å²) in [6.45, 7) is 2.22. The molecule has 1 saturated carbocycles. The minimum Gasteiger partial charge on any atom is -0.327 e. The summed E-state index contributed by atoms with van der Waals surface area (Å²) in [5.74, 6) is 2.83. The Kier molecular flexibility index (Phi) is 4.67. The minimum atomic E-state index is 0.346. The standard InChI is InChI=1S/C12H20N2S2/c1-2-6-15-8-12-14-11(7-16-12)9-4-3-5-10(9)13/h7,9-10H,2-6,8,13H2,1H3. The van der Waals surface area contributed by atoms with Crippen molar-refractivity contribution in [3.05, 3.63) is 16.1 Å². The van der Waals surface area contributed by atoms with Gasteiger partial charge < -0.3 is 5.73 Å². The van der Waals surface area contributed by atoms with Crippen molar-refractivity contribution in [2.24, 2.45) is 5.73 Å². The fourth-order valence-corrected chi connectivity index (χ4v) is 4.06. The van der Waals surface area contributed by atoms with Crippen LogP contribution in [0.1, 0.15) is 49.2 Å². The van der Waals surface area contributed by atoms with Crippen LogP contribution >= 0.6 is 23.1 Å². The number of hydrogen-bond acceptors (Lipinski definition) is 4. The van der Waals surface area contributed by atoms with Crippen LogP contribution in [0.3, 0.4) is 0 Å². The number of nitrogens with zero attached hydrogens (tertiary/aromatic N) is 1. The van der Waals surface area contributed by atoms with Gasteiger partial charge in [-0.3, -0.25) is 0 Å². The van der Waals surface area contributed by atoms with Gasteiger partial charge in [-0.2, -0.15) is 11.8 Å². The predicted molar refractivity (Wildman–Crippen MR) is 73.1 cm³/mol. The summed E-state index contributed by atoms with van der Waals surface area (Å²) in [6.07, 6.45) is 4.91. The first-order valence-corrected chi connectivity index (χ1v) is 8.12. The van der Waals surface area contributed by atoms with Crippen molar-refractivity contribution < 1.29 is 0 Å². The Bertz CT molecular complexity index is 325. The summed E-state index contributed by atoms with van der Waals surface area (Å²) in [5, 5.41) is 3.49. The quantitative estimate of drug-likeness (QED) is 0.821. The second-order valence-corrected chi connectivity index (χ2v) is 6.47. The minimum absolute atomic E-state index is 0.346. The highest BCUT2D eigenvalue weighted by Gasteiger charge is 2.27. The van der Waals surface area contributed by atoms with Gasteiger partial charge >= 0.3 is 0 Å². The SMILES string of the molecule is CCCSCc1nc(C2CCCC2N)cs1. The predicted octanol–water partition coefficient (Wildman–Crippen LogP) is 3.38. The van der Waals surface area contributed by atoms with Gasteiger partial charge in [0.1, 0.15) is 5.01 Å². The fraction of sp³-hybridized carbons (Fsp3) is 0.750. The molecular formula is C12H20N2S2. The lowest BCUT2D eigenvalue weighted by Gasteiger charge is -2.11. The number of thiazole rings is 1. The second kappa shape index (κ2) is 6.03. The lowest BCUT2D eigenvalue weighted by molar-refractivity contribution is 0.600. The molecule has 1 aliphatic rings. The maximum absolute atomic E-state index is 6.10. The van der Waals surface area contributed by atoms with E-state index in [1.165, 1.54) is 42.1 Å². The van der Waals surface area contributed by atoms with Crippen molar-refractivity contribution in [1.29, 1.82) is 0 Å². The molecule has 1 aromatic rings. The fourth-order valence-electron chi connectivity index (χ4n) is 2.22. The van der Waals surface area contributed by atoms with Crippen molar-refractivity contribution in [1.82, 2.24) is 4.98 Å². The van der Waals surface area contributed by atoms with Crippen LogP contribution in [0.4, 0.5) is 0 Å². The molecule has 1 aromatic heterocycles. The first-order valence-electron chi connectivity index (χ1n) is 6.09. The number of nitrogens with two attached hydrogens (primary N) is 1. The zero-order chi connectivity index (χ0) is 11.4. The maximum Gasteiger partial charge on any atom is 0.103 e. The summed E-state index contributed by atoms with van der Waals surface area (Å²) in [4.78, 5) is 4.73. The van der Waals surface area contributed by atoms with E-state index < -0.39 is 0 Å². The highest BCUT2D eigenvalue weighted by Crippen LogP contribution is 2.34. The number of hydrogen-bond donors (Lipinski definition) is 1. The molecule has 0 radical (unpaired) electrons. The molecule has 0 aliphatic heterocycles. The van der Waals surface area contributed by atoms with Gasteiger partial charge in [-0.1, -0.05) is 13.3 Å². The molecular weight excluding hydrogens is 236 g/mol. The average Bonchev–Trinajstić information content (AvgIpc) is 2.87. The number of rotatable bonds is 5. The topological polar surface area (TPSA) is 38.9 Å². The van der Waals surface area contributed by atoms with Gasteiger partial charge in [0.2, 0.25) is 0 Å². The van der Waals surface area contributed by atoms with E-state index in [0.29, 0.717) is 12.0 Å². The summed E-state index contributed by atoms with van der Waals surface area (Å²) in [7, 11) is 0. The van der Waals surface area contributed by atoms with Crippen molar-refractivity contribution in [2.75, 3.05) is 5.75 Å². The van der Waals surface area contributed by atoms with E-state index in [2.05, 4.69) is 12.3 Å². The zero-order valence-corrected chi connectivity index (χ0v) is 11.4. The third-order valence-electron chi connectivity index (χ3n) is 3.09. The highest BCUT2D eigenvalue weighted by molar-refractivity contribution is 7.98. The third-order valence-corrected chi connectivity index (χ3v) is 5.32. The van der Waals surface area contributed by atoms with E-state index in [1.54, 1.807) is 11.3 Å². The monoisotopic (exact) mass is 256 g/mol. The van der Waals surface area contributed by atoms with Crippen LogP contribution in [0.5, 0.6) is 0 Å². The van der Waals surface area contributed by atoms with E-state index in [0.717, 1.165) is 5.75 Å². The average molecular weight is 256 g/mol. The van der Waals surface area contributed by atoms with Gasteiger partial charge in [0, 0.05) is 23.1 Å². The Hall–Kier alpha value is -0.0600. The lowest BCUT2D eigenvalue weighted by atomic mass is 10.0. The largest absolute Gasteiger partial charge is 0.327 e. The van der Waals surface area contributed by atoms with E-state index in [-0.39, 0.29) is 0 Å². The highest BCUT2D eigenvalue weighted by atomic mass is 32.2. The zero-order valence-electron chi connectivity index (χ0n) is 9.82. The van der Waals surface area contributed by atoms with Crippen LogP contribution in [0.25, 0.3) is 0 Å². The third kappa shape index (κ3) is 2.99. The van der Waals surface area contributed by atoms with Gasteiger partial charge in [-0.25, -0.2) is 4.98 Å². The molecule has 1 heterocycles. The molecule has 0 saturated heterocycles. The summed E-state index contributed by atoms with van der Waals surface area (Å²) in [5.41, 5.74) is 7.35. The van der Waals surface area contributed by atoms with Crippen molar-refractivity contribution in [2.45, 2.75) is 50.3 Å². The first-order chi connectivity index (χ1) is 7.81. The molecule has 16 heavy (non-hydrogen) atoms. The smallest absolute Gasteiger partial charge is 0.103 e. The Balaban J connectivity index is 1.91. The molecule has 4 heteroatoms. The van der Waals surface area contributed by atoms with Gasteiger partial charge in [0.25, 0.3) is 0 Å². The lowest BCUT2D eigenvalue weighted by Crippen LogP contribution is -2.22. The van der Waals surface area contributed by atoms with Crippen LogP contribution in [-0.4, -0.2) is 16.8 Å². The van der Waals surface area contributed by atoms with Crippen LogP contribution in [0.15, 0.2) is 5.38 Å². The Morgan fingerprint density at radius 2 is 2.44 bits per heavy atom. The number of aromatic nitrogens is 1. The molecule has 2 unspecified atom stereocenters. The molecule has 2 atom stereocenters. The Morgan fingerprint density at radius 1 is 1.56 bits per heavy atom. The normalized spacial score (nSPS) is 25.1. The van der Waals surface area contributed by atoms with Gasteiger partial charge in [0.15, 0.2) is 0 Å². The first kappa shape index (κ1) is 12.4. The molecule has 2 rings (SSSR count). The van der Waals surface area contributed by atoms with Crippen molar-refractivity contribution in [3.63, 3.8) is 0 Å². The summed E-state index contributed by atoms with van der Waals surface area (Å²) < 4.78 is 0. The molecule has 0 spiro atoms. The van der Waals surface area contributed by atoms with Crippen LogP contribution in [0, 0.1) is 0 Å². The van der Waals surface area contributed by atoms with E-state index >= 15 is 0 Å². The Labute approximate surface area is 106 Å².